The fourth-order valence-electron chi connectivity index (χ4n) is 1.65. The first kappa shape index (κ1) is 12.7. The molecule has 0 bridgehead atoms. The van der Waals surface area contributed by atoms with Crippen LogP contribution in [0.25, 0.3) is 0 Å². The monoisotopic (exact) mass is 251 g/mol. The lowest BCUT2D eigenvalue weighted by Crippen LogP contribution is -2.28. The Morgan fingerprint density at radius 3 is 2.72 bits per heavy atom. The van der Waals surface area contributed by atoms with Crippen LogP contribution in [0.2, 0.25) is 0 Å². The van der Waals surface area contributed by atoms with Crippen molar-refractivity contribution in [2.75, 3.05) is 27.4 Å². The third-order valence-electron chi connectivity index (χ3n) is 2.74. The molecule has 1 aromatic carbocycles. The lowest BCUT2D eigenvalue weighted by molar-refractivity contribution is -0.120. The Balaban J connectivity index is 1.92. The van der Waals surface area contributed by atoms with Crippen molar-refractivity contribution in [3.8, 4) is 11.5 Å². The minimum absolute atomic E-state index is 0.0160. The number of amides is 1. The highest BCUT2D eigenvalue weighted by Gasteiger charge is 2.22. The van der Waals surface area contributed by atoms with Crippen LogP contribution in [0, 0.1) is 0 Å². The van der Waals surface area contributed by atoms with Gasteiger partial charge in [-0.3, -0.25) is 4.79 Å². The molecule has 1 atom stereocenters. The number of epoxide rings is 1. The fourth-order valence-corrected chi connectivity index (χ4v) is 1.65. The molecule has 98 valence electrons. The summed E-state index contributed by atoms with van der Waals surface area (Å²) in [5, 5.41) is 2.82. The molecular weight excluding hydrogens is 234 g/mol. The van der Waals surface area contributed by atoms with E-state index in [4.69, 9.17) is 14.2 Å². The van der Waals surface area contributed by atoms with Gasteiger partial charge in [0, 0.05) is 6.54 Å². The first-order chi connectivity index (χ1) is 8.72. The summed E-state index contributed by atoms with van der Waals surface area (Å²) in [6.07, 6.45) is 0.534. The molecule has 1 unspecified atom stereocenters. The minimum Gasteiger partial charge on any atom is -0.493 e. The van der Waals surface area contributed by atoms with Crippen molar-refractivity contribution in [2.45, 2.75) is 12.5 Å². The predicted octanol–water partition coefficient (Wildman–Crippen LogP) is 0.761. The zero-order chi connectivity index (χ0) is 13.0. The van der Waals surface area contributed by atoms with Crippen molar-refractivity contribution in [2.24, 2.45) is 0 Å². The molecule has 2 rings (SSSR count). The van der Waals surface area contributed by atoms with E-state index < -0.39 is 0 Å². The van der Waals surface area contributed by atoms with Gasteiger partial charge in [0.1, 0.15) is 0 Å². The number of ether oxygens (including phenoxy) is 3. The molecule has 0 radical (unpaired) electrons. The van der Waals surface area contributed by atoms with Crippen LogP contribution in [0.4, 0.5) is 0 Å². The molecule has 0 aromatic heterocycles. The summed E-state index contributed by atoms with van der Waals surface area (Å²) in [5.74, 6) is 1.28. The van der Waals surface area contributed by atoms with E-state index in [0.717, 1.165) is 12.2 Å². The SMILES string of the molecule is COc1ccc(CC(=O)NCC2CO2)cc1OC. The molecule has 1 aliphatic rings. The quantitative estimate of drug-likeness (QED) is 0.758. The topological polar surface area (TPSA) is 60.1 Å². The summed E-state index contributed by atoms with van der Waals surface area (Å²) in [5.41, 5.74) is 0.891. The third-order valence-corrected chi connectivity index (χ3v) is 2.74. The lowest BCUT2D eigenvalue weighted by atomic mass is 10.1. The number of carbonyl (C=O) groups excluding carboxylic acids is 1. The maximum Gasteiger partial charge on any atom is 0.224 e. The third kappa shape index (κ3) is 3.37. The highest BCUT2D eigenvalue weighted by Crippen LogP contribution is 2.27. The van der Waals surface area contributed by atoms with Crippen LogP contribution in [0.1, 0.15) is 5.56 Å². The van der Waals surface area contributed by atoms with Gasteiger partial charge in [0.2, 0.25) is 5.91 Å². The van der Waals surface area contributed by atoms with E-state index in [2.05, 4.69) is 5.32 Å². The van der Waals surface area contributed by atoms with Crippen LogP contribution in [0.5, 0.6) is 11.5 Å². The summed E-state index contributed by atoms with van der Waals surface area (Å²) < 4.78 is 15.4. The summed E-state index contributed by atoms with van der Waals surface area (Å²) in [4.78, 5) is 11.7. The van der Waals surface area contributed by atoms with Gasteiger partial charge in [-0.25, -0.2) is 0 Å². The average molecular weight is 251 g/mol. The molecular formula is C13H17NO4. The average Bonchev–Trinajstić information content (AvgIpc) is 3.20. The smallest absolute Gasteiger partial charge is 0.224 e. The zero-order valence-electron chi connectivity index (χ0n) is 10.6. The molecule has 0 saturated carbocycles. The van der Waals surface area contributed by atoms with Crippen LogP contribution in [0.15, 0.2) is 18.2 Å². The van der Waals surface area contributed by atoms with E-state index in [-0.39, 0.29) is 12.0 Å². The number of nitrogens with one attached hydrogen (secondary N) is 1. The van der Waals surface area contributed by atoms with Gasteiger partial charge in [0.05, 0.1) is 33.4 Å². The van der Waals surface area contributed by atoms with Crippen LogP contribution < -0.4 is 14.8 Å². The maximum absolute atomic E-state index is 11.7. The van der Waals surface area contributed by atoms with Crippen LogP contribution >= 0.6 is 0 Å². The molecule has 5 nitrogen and oxygen atoms in total. The van der Waals surface area contributed by atoms with E-state index in [9.17, 15) is 4.79 Å². The lowest BCUT2D eigenvalue weighted by Gasteiger charge is -2.09. The molecule has 1 amide bonds. The molecule has 1 heterocycles. The summed E-state index contributed by atoms with van der Waals surface area (Å²) in [6.45, 7) is 1.34. The van der Waals surface area contributed by atoms with Crippen LogP contribution in [-0.4, -0.2) is 39.4 Å². The standard InChI is InChI=1S/C13H17NO4/c1-16-11-4-3-9(5-12(11)17-2)6-13(15)14-7-10-8-18-10/h3-5,10H,6-8H2,1-2H3,(H,14,15). The Hall–Kier alpha value is -1.75. The Bertz CT molecular complexity index is 429. The first-order valence-electron chi connectivity index (χ1n) is 5.82. The Kier molecular flexibility index (Phi) is 4.04. The van der Waals surface area contributed by atoms with Crippen molar-refractivity contribution in [3.05, 3.63) is 23.8 Å². The van der Waals surface area contributed by atoms with E-state index in [1.54, 1.807) is 20.3 Å². The van der Waals surface area contributed by atoms with Gasteiger partial charge in [-0.15, -0.1) is 0 Å². The number of methoxy groups -OCH3 is 2. The van der Waals surface area contributed by atoms with Crippen molar-refractivity contribution in [3.63, 3.8) is 0 Å². The Labute approximate surface area is 106 Å². The van der Waals surface area contributed by atoms with Gasteiger partial charge in [0.15, 0.2) is 11.5 Å². The summed E-state index contributed by atoms with van der Waals surface area (Å²) in [7, 11) is 3.16. The molecule has 0 aliphatic carbocycles. The summed E-state index contributed by atoms with van der Waals surface area (Å²) in [6, 6.07) is 5.46. The van der Waals surface area contributed by atoms with Gasteiger partial charge in [-0.2, -0.15) is 0 Å². The number of hydrogen-bond donors (Lipinski definition) is 1. The van der Waals surface area contributed by atoms with Crippen LogP contribution in [0.3, 0.4) is 0 Å². The molecule has 1 aliphatic heterocycles. The van der Waals surface area contributed by atoms with E-state index >= 15 is 0 Å². The maximum atomic E-state index is 11.7. The fraction of sp³-hybridized carbons (Fsp3) is 0.462. The molecule has 1 saturated heterocycles. The van der Waals surface area contributed by atoms with Crippen LogP contribution in [-0.2, 0) is 16.0 Å². The molecule has 1 fully saturated rings. The highest BCUT2D eigenvalue weighted by molar-refractivity contribution is 5.78. The van der Waals surface area contributed by atoms with Gasteiger partial charge < -0.3 is 19.5 Å². The Morgan fingerprint density at radius 1 is 1.39 bits per heavy atom. The van der Waals surface area contributed by atoms with Crippen molar-refractivity contribution >= 4 is 5.91 Å². The predicted molar refractivity (Wildman–Crippen MR) is 66.0 cm³/mol. The van der Waals surface area contributed by atoms with Gasteiger partial charge in [0.25, 0.3) is 0 Å². The summed E-state index contributed by atoms with van der Waals surface area (Å²) >= 11 is 0. The molecule has 1 aromatic rings. The molecule has 18 heavy (non-hydrogen) atoms. The first-order valence-corrected chi connectivity index (χ1v) is 5.82. The molecule has 1 N–H and O–H groups in total. The number of benzene rings is 1. The number of carbonyl (C=O) groups is 1. The Morgan fingerprint density at radius 2 is 2.11 bits per heavy atom. The van der Waals surface area contributed by atoms with Crippen molar-refractivity contribution in [1.82, 2.24) is 5.32 Å². The second kappa shape index (κ2) is 5.73. The highest BCUT2D eigenvalue weighted by atomic mass is 16.6. The van der Waals surface area contributed by atoms with E-state index in [1.165, 1.54) is 0 Å². The normalized spacial score (nSPS) is 17.1. The van der Waals surface area contributed by atoms with Crippen molar-refractivity contribution in [1.29, 1.82) is 0 Å². The molecule has 0 spiro atoms. The molecule has 5 heteroatoms. The van der Waals surface area contributed by atoms with E-state index in [0.29, 0.717) is 24.5 Å². The second-order valence-corrected chi connectivity index (χ2v) is 4.13. The number of hydrogen-bond acceptors (Lipinski definition) is 4. The number of rotatable bonds is 6. The minimum atomic E-state index is -0.0160. The van der Waals surface area contributed by atoms with Gasteiger partial charge >= 0.3 is 0 Å². The largest absolute Gasteiger partial charge is 0.493 e. The zero-order valence-corrected chi connectivity index (χ0v) is 10.6. The second-order valence-electron chi connectivity index (χ2n) is 4.13. The van der Waals surface area contributed by atoms with Gasteiger partial charge in [-0.1, -0.05) is 6.07 Å². The van der Waals surface area contributed by atoms with Gasteiger partial charge in [-0.05, 0) is 17.7 Å². The van der Waals surface area contributed by atoms with Crippen molar-refractivity contribution < 1.29 is 19.0 Å². The van der Waals surface area contributed by atoms with E-state index in [1.807, 2.05) is 12.1 Å².